The van der Waals surface area contributed by atoms with E-state index in [1.165, 1.54) is 19.3 Å². The zero-order valence-corrected chi connectivity index (χ0v) is 67.8. The van der Waals surface area contributed by atoms with Crippen LogP contribution in [0.5, 0.6) is 0 Å². The van der Waals surface area contributed by atoms with Gasteiger partial charge >= 0.3 is 39.5 Å². The number of carbonyl (C=O) groups excluding carboxylic acids is 4. The van der Waals surface area contributed by atoms with Gasteiger partial charge in [0.25, 0.3) is 0 Å². The van der Waals surface area contributed by atoms with Gasteiger partial charge in [-0.3, -0.25) is 37.3 Å². The molecule has 0 heterocycles. The van der Waals surface area contributed by atoms with E-state index in [-0.39, 0.29) is 25.7 Å². The number of esters is 4. The molecule has 604 valence electrons. The number of unbranched alkanes of at least 4 members (excludes halogenated alkanes) is 23. The first-order chi connectivity index (χ1) is 51.7. The number of allylic oxidation sites excluding steroid dienone is 26. The van der Waals surface area contributed by atoms with Crippen molar-refractivity contribution in [1.29, 1.82) is 0 Å². The number of hydrogen-bond donors (Lipinski definition) is 3. The Morgan fingerprint density at radius 3 is 0.792 bits per heavy atom. The number of phosphoric ester groups is 2. The topological polar surface area (TPSA) is 237 Å². The highest BCUT2D eigenvalue weighted by Gasteiger charge is 2.30. The molecule has 0 aliphatic rings. The minimum absolute atomic E-state index is 0.0583. The molecular weight excluding hydrogens is 1380 g/mol. The number of aliphatic hydroxyl groups excluding tert-OH is 1. The second-order valence-corrected chi connectivity index (χ2v) is 29.5. The lowest BCUT2D eigenvalue weighted by atomic mass is 10.1. The SMILES string of the molecule is CC/C=C\C/C=C\C/C=C\C/C=C\CCCCCCC(=O)OCC(COP(=O)(O)OCC(O)COP(=O)(O)OCC(COC(=O)CCCCCCCC/C=C\C/C=C\C/C=C\CCCCC)OC(=O)CCCCCC/C=C\C/C=C\C/C=C\C/C=C\CC)OC(=O)CCCCCCC/C=C\C/C=C\CCC. The van der Waals surface area contributed by atoms with Crippen LogP contribution in [0.2, 0.25) is 0 Å². The number of ether oxygens (including phenoxy) is 4. The second-order valence-electron chi connectivity index (χ2n) is 26.6. The van der Waals surface area contributed by atoms with Gasteiger partial charge in [0.2, 0.25) is 0 Å². The monoisotopic (exact) mass is 1520 g/mol. The smallest absolute Gasteiger partial charge is 0.462 e. The summed E-state index contributed by atoms with van der Waals surface area (Å²) in [6.07, 6.45) is 90.7. The molecule has 5 atom stereocenters. The standard InChI is InChI=1S/C87H144O17P2/c1-5-9-13-17-21-25-29-33-36-39-40-43-45-49-52-56-60-64-68-72-85(90)98-78-83(104-87(92)74-70-66-62-58-54-50-46-42-38-35-31-27-23-19-15-11-7-3)80-102-106(95,96)100-76-81(88)75-99-105(93,94)101-79-82(103-86(91)73-69-65-61-57-53-47-32-28-24-20-16-12-8-4)77-97-84(89)71-67-63-59-55-51-48-44-41-37-34-30-26-22-18-14-10-6-2/h10-11,14-16,20-23,25-28,32-38,40,43-44,46,48,50,81-83,88H,5-9,12-13,17-19,24,29-31,39,41-42,45,47,49,51-80H2,1-4H3,(H,93,94)(H,95,96)/b14-10-,15-11-,20-16-,25-21-,26-22-,27-23-,32-28-,36-33-,37-34-,38-35-,43-40-,48-44-,50-46-. The predicted molar refractivity (Wildman–Crippen MR) is 436 cm³/mol. The first-order valence-electron chi connectivity index (χ1n) is 40.7. The van der Waals surface area contributed by atoms with Gasteiger partial charge in [-0.25, -0.2) is 9.13 Å². The van der Waals surface area contributed by atoms with Gasteiger partial charge in [-0.05, 0) is 167 Å². The van der Waals surface area contributed by atoms with Crippen molar-refractivity contribution in [3.8, 4) is 0 Å². The summed E-state index contributed by atoms with van der Waals surface area (Å²) in [5.41, 5.74) is 0. The molecule has 0 rings (SSSR count). The summed E-state index contributed by atoms with van der Waals surface area (Å²) in [5, 5.41) is 10.7. The van der Waals surface area contributed by atoms with E-state index >= 15 is 0 Å². The third-order valence-corrected chi connectivity index (χ3v) is 18.3. The molecule has 0 spiro atoms. The van der Waals surface area contributed by atoms with Crippen LogP contribution in [0.3, 0.4) is 0 Å². The molecule has 0 aliphatic heterocycles. The molecule has 0 bridgehead atoms. The van der Waals surface area contributed by atoms with Crippen LogP contribution in [0.4, 0.5) is 0 Å². The zero-order chi connectivity index (χ0) is 77.4. The average Bonchev–Trinajstić information content (AvgIpc) is 0.937. The summed E-state index contributed by atoms with van der Waals surface area (Å²) in [6.45, 7) is 4.47. The molecule has 5 unspecified atom stereocenters. The highest BCUT2D eigenvalue weighted by atomic mass is 31.2. The Labute approximate surface area is 642 Å². The Balaban J connectivity index is 5.43. The van der Waals surface area contributed by atoms with E-state index < -0.39 is 97.5 Å². The highest BCUT2D eigenvalue weighted by molar-refractivity contribution is 7.47. The predicted octanol–water partition coefficient (Wildman–Crippen LogP) is 24.0. The summed E-state index contributed by atoms with van der Waals surface area (Å²) in [7, 11) is -9.99. The summed E-state index contributed by atoms with van der Waals surface area (Å²) >= 11 is 0. The Hall–Kier alpha value is -5.32. The van der Waals surface area contributed by atoms with Gasteiger partial charge in [0.05, 0.1) is 26.4 Å². The van der Waals surface area contributed by atoms with Crippen LogP contribution in [0, 0.1) is 0 Å². The minimum Gasteiger partial charge on any atom is -0.462 e. The first kappa shape index (κ1) is 101. The maximum Gasteiger partial charge on any atom is 0.472 e. The first-order valence-corrected chi connectivity index (χ1v) is 43.7. The molecule has 0 aromatic heterocycles. The summed E-state index contributed by atoms with van der Waals surface area (Å²) in [6, 6.07) is 0. The molecule has 0 saturated heterocycles. The van der Waals surface area contributed by atoms with Crippen molar-refractivity contribution in [2.45, 2.75) is 329 Å². The Kier molecular flexibility index (Phi) is 73.9. The van der Waals surface area contributed by atoms with Crippen LogP contribution in [0.15, 0.2) is 158 Å². The Morgan fingerprint density at radius 2 is 0.509 bits per heavy atom. The van der Waals surface area contributed by atoms with E-state index in [0.29, 0.717) is 25.7 Å². The van der Waals surface area contributed by atoms with E-state index in [0.717, 1.165) is 212 Å². The molecule has 17 nitrogen and oxygen atoms in total. The normalized spacial score (nSPS) is 14.7. The van der Waals surface area contributed by atoms with Gasteiger partial charge in [0, 0.05) is 25.7 Å². The van der Waals surface area contributed by atoms with Crippen LogP contribution in [0.25, 0.3) is 0 Å². The Morgan fingerprint density at radius 1 is 0.274 bits per heavy atom. The fraction of sp³-hybridized carbons (Fsp3) is 0.655. The van der Waals surface area contributed by atoms with E-state index in [1.807, 2.05) is 0 Å². The fourth-order valence-electron chi connectivity index (χ4n) is 10.3. The van der Waals surface area contributed by atoms with Crippen molar-refractivity contribution < 1.29 is 80.2 Å². The molecule has 0 radical (unpaired) electrons. The Bertz CT molecular complexity index is 2630. The van der Waals surface area contributed by atoms with Gasteiger partial charge in [-0.2, -0.15) is 0 Å². The van der Waals surface area contributed by atoms with Crippen molar-refractivity contribution in [3.05, 3.63) is 158 Å². The van der Waals surface area contributed by atoms with Crippen molar-refractivity contribution in [1.82, 2.24) is 0 Å². The van der Waals surface area contributed by atoms with E-state index in [4.69, 9.17) is 37.0 Å². The summed E-state index contributed by atoms with van der Waals surface area (Å²) < 4.78 is 68.6. The largest absolute Gasteiger partial charge is 0.472 e. The molecule has 19 heteroatoms. The molecular formula is C87H144O17P2. The molecule has 0 aromatic rings. The van der Waals surface area contributed by atoms with Crippen LogP contribution in [-0.4, -0.2) is 96.7 Å². The molecule has 3 N–H and O–H groups in total. The van der Waals surface area contributed by atoms with E-state index in [1.54, 1.807) is 0 Å². The number of rotatable bonds is 75. The lowest BCUT2D eigenvalue weighted by Crippen LogP contribution is -2.30. The third kappa shape index (κ3) is 76.9. The van der Waals surface area contributed by atoms with Gasteiger partial charge in [-0.1, -0.05) is 276 Å². The van der Waals surface area contributed by atoms with Crippen LogP contribution in [-0.2, 0) is 65.4 Å². The molecule has 0 amide bonds. The number of aliphatic hydroxyl groups is 1. The maximum absolute atomic E-state index is 13.1. The van der Waals surface area contributed by atoms with E-state index in [9.17, 15) is 43.2 Å². The van der Waals surface area contributed by atoms with Crippen LogP contribution in [0.1, 0.15) is 310 Å². The van der Waals surface area contributed by atoms with Crippen LogP contribution >= 0.6 is 15.6 Å². The maximum atomic E-state index is 13.1. The molecule has 0 aliphatic carbocycles. The number of hydrogen-bond acceptors (Lipinski definition) is 15. The molecule has 0 saturated carbocycles. The van der Waals surface area contributed by atoms with Crippen LogP contribution < -0.4 is 0 Å². The number of carbonyl (C=O) groups is 4. The van der Waals surface area contributed by atoms with Crippen molar-refractivity contribution in [3.63, 3.8) is 0 Å². The van der Waals surface area contributed by atoms with Gasteiger partial charge in [0.15, 0.2) is 12.2 Å². The van der Waals surface area contributed by atoms with Gasteiger partial charge in [-0.15, -0.1) is 0 Å². The molecule has 0 fully saturated rings. The lowest BCUT2D eigenvalue weighted by molar-refractivity contribution is -0.161. The van der Waals surface area contributed by atoms with Crippen molar-refractivity contribution >= 4 is 39.5 Å². The fourth-order valence-corrected chi connectivity index (χ4v) is 11.9. The highest BCUT2D eigenvalue weighted by Crippen LogP contribution is 2.45. The molecule has 0 aromatic carbocycles. The van der Waals surface area contributed by atoms with Gasteiger partial charge in [0.1, 0.15) is 19.3 Å². The zero-order valence-electron chi connectivity index (χ0n) is 66.1. The van der Waals surface area contributed by atoms with Gasteiger partial charge < -0.3 is 33.8 Å². The third-order valence-electron chi connectivity index (χ3n) is 16.4. The number of phosphoric acid groups is 2. The minimum atomic E-state index is -5.00. The summed E-state index contributed by atoms with van der Waals surface area (Å²) in [4.78, 5) is 73.1. The average molecular weight is 1520 g/mol. The van der Waals surface area contributed by atoms with Crippen molar-refractivity contribution in [2.75, 3.05) is 39.6 Å². The quantitative estimate of drug-likeness (QED) is 0.0169. The lowest BCUT2D eigenvalue weighted by Gasteiger charge is -2.21. The molecule has 106 heavy (non-hydrogen) atoms. The second kappa shape index (κ2) is 77.8. The summed E-state index contributed by atoms with van der Waals surface area (Å²) in [5.74, 6) is -2.26. The van der Waals surface area contributed by atoms with Crippen molar-refractivity contribution in [2.24, 2.45) is 0 Å². The van der Waals surface area contributed by atoms with E-state index in [2.05, 4.69) is 186 Å².